The zero-order chi connectivity index (χ0) is 10.8. The zero-order valence-electron chi connectivity index (χ0n) is 9.59. The molecule has 1 N–H and O–H groups in total. The lowest BCUT2D eigenvalue weighted by atomic mass is 9.71. The van der Waals surface area contributed by atoms with Crippen molar-refractivity contribution in [2.24, 2.45) is 23.2 Å². The number of hydrogen-bond acceptors (Lipinski definition) is 1. The van der Waals surface area contributed by atoms with Crippen LogP contribution in [0.5, 0.6) is 0 Å². The van der Waals surface area contributed by atoms with E-state index in [0.717, 1.165) is 0 Å². The van der Waals surface area contributed by atoms with Crippen LogP contribution in [0.3, 0.4) is 0 Å². The molecular formula is C11H22O2. The average molecular weight is 186 g/mol. The summed E-state index contributed by atoms with van der Waals surface area (Å²) in [6.45, 7) is 12.4. The maximum Gasteiger partial charge on any atom is 0.306 e. The van der Waals surface area contributed by atoms with Gasteiger partial charge in [0.25, 0.3) is 0 Å². The van der Waals surface area contributed by atoms with Crippen LogP contribution in [0.15, 0.2) is 0 Å². The number of hydrogen-bond donors (Lipinski definition) is 1. The molecule has 3 atom stereocenters. The van der Waals surface area contributed by atoms with E-state index in [1.165, 1.54) is 0 Å². The smallest absolute Gasteiger partial charge is 0.306 e. The minimum Gasteiger partial charge on any atom is -0.481 e. The molecule has 0 radical (unpaired) electrons. The summed E-state index contributed by atoms with van der Waals surface area (Å²) < 4.78 is 0. The molecule has 2 heteroatoms. The van der Waals surface area contributed by atoms with Gasteiger partial charge in [-0.2, -0.15) is 0 Å². The van der Waals surface area contributed by atoms with Crippen LogP contribution >= 0.6 is 0 Å². The Morgan fingerprint density at radius 3 is 1.77 bits per heavy atom. The molecule has 0 aliphatic rings. The van der Waals surface area contributed by atoms with Gasteiger partial charge in [0.15, 0.2) is 0 Å². The predicted octanol–water partition coefficient (Wildman–Crippen LogP) is 3.03. The Morgan fingerprint density at radius 1 is 1.15 bits per heavy atom. The minimum atomic E-state index is -0.691. The first kappa shape index (κ1) is 12.5. The highest BCUT2D eigenvalue weighted by Crippen LogP contribution is 2.35. The monoisotopic (exact) mass is 186 g/mol. The van der Waals surface area contributed by atoms with E-state index in [1.807, 2.05) is 6.92 Å². The second kappa shape index (κ2) is 4.12. The summed E-state index contributed by atoms with van der Waals surface area (Å²) in [5.41, 5.74) is 0.184. The molecule has 78 valence electrons. The van der Waals surface area contributed by atoms with Gasteiger partial charge in [-0.3, -0.25) is 4.79 Å². The zero-order valence-corrected chi connectivity index (χ0v) is 9.59. The van der Waals surface area contributed by atoms with E-state index in [-0.39, 0.29) is 17.3 Å². The Hall–Kier alpha value is -0.530. The third-order valence-electron chi connectivity index (χ3n) is 3.33. The number of carboxylic acids is 1. The molecule has 2 nitrogen and oxygen atoms in total. The predicted molar refractivity (Wildman–Crippen MR) is 54.6 cm³/mol. The molecule has 0 aliphatic heterocycles. The van der Waals surface area contributed by atoms with Crippen molar-refractivity contribution in [3.8, 4) is 0 Å². The maximum absolute atomic E-state index is 10.8. The van der Waals surface area contributed by atoms with Crippen LogP contribution in [0.25, 0.3) is 0 Å². The van der Waals surface area contributed by atoms with Crippen LogP contribution in [-0.2, 0) is 4.79 Å². The second-order valence-electron chi connectivity index (χ2n) is 5.14. The molecule has 0 saturated carbocycles. The normalized spacial score (nSPS) is 19.2. The maximum atomic E-state index is 10.8. The summed E-state index contributed by atoms with van der Waals surface area (Å²) in [6.07, 6.45) is 0. The third-order valence-corrected chi connectivity index (χ3v) is 3.33. The van der Waals surface area contributed by atoms with Gasteiger partial charge in [-0.1, -0.05) is 41.5 Å². The molecule has 0 spiro atoms. The largest absolute Gasteiger partial charge is 0.481 e. The van der Waals surface area contributed by atoms with Gasteiger partial charge in [0.1, 0.15) is 0 Å². The van der Waals surface area contributed by atoms with Crippen molar-refractivity contribution in [2.45, 2.75) is 41.5 Å². The van der Waals surface area contributed by atoms with Gasteiger partial charge in [0, 0.05) is 0 Å². The highest BCUT2D eigenvalue weighted by molar-refractivity contribution is 5.69. The summed E-state index contributed by atoms with van der Waals surface area (Å²) in [5.74, 6) is -0.311. The third kappa shape index (κ3) is 3.37. The lowest BCUT2D eigenvalue weighted by molar-refractivity contribution is -0.143. The SMILES string of the molecule is CC(C(=O)O)C(C)C(C)C(C)(C)C. The highest BCUT2D eigenvalue weighted by Gasteiger charge is 2.31. The number of aliphatic carboxylic acids is 1. The Bertz CT molecular complexity index is 179. The van der Waals surface area contributed by atoms with Crippen LogP contribution in [0.2, 0.25) is 0 Å². The number of rotatable bonds is 3. The fourth-order valence-electron chi connectivity index (χ4n) is 1.45. The molecule has 13 heavy (non-hydrogen) atoms. The first-order valence-electron chi connectivity index (χ1n) is 4.90. The van der Waals surface area contributed by atoms with E-state index in [9.17, 15) is 4.79 Å². The molecule has 3 unspecified atom stereocenters. The summed E-state index contributed by atoms with van der Waals surface area (Å²) >= 11 is 0. The van der Waals surface area contributed by atoms with E-state index in [4.69, 9.17) is 5.11 Å². The Kier molecular flexibility index (Phi) is 3.95. The van der Waals surface area contributed by atoms with E-state index in [0.29, 0.717) is 5.92 Å². The van der Waals surface area contributed by atoms with Crippen LogP contribution in [-0.4, -0.2) is 11.1 Å². The van der Waals surface area contributed by atoms with Gasteiger partial charge in [0.05, 0.1) is 5.92 Å². The van der Waals surface area contributed by atoms with Gasteiger partial charge in [-0.25, -0.2) is 0 Å². The highest BCUT2D eigenvalue weighted by atomic mass is 16.4. The van der Waals surface area contributed by atoms with Gasteiger partial charge in [0.2, 0.25) is 0 Å². The molecule has 0 amide bonds. The van der Waals surface area contributed by atoms with Crippen molar-refractivity contribution in [3.05, 3.63) is 0 Å². The summed E-state index contributed by atoms with van der Waals surface area (Å²) in [5, 5.41) is 8.87. The second-order valence-corrected chi connectivity index (χ2v) is 5.14. The van der Waals surface area contributed by atoms with Crippen molar-refractivity contribution < 1.29 is 9.90 Å². The molecule has 0 saturated heterocycles. The van der Waals surface area contributed by atoms with E-state index < -0.39 is 5.97 Å². The molecular weight excluding hydrogens is 164 g/mol. The molecule has 0 aromatic carbocycles. The first-order chi connectivity index (χ1) is 5.68. The summed E-state index contributed by atoms with van der Waals surface area (Å²) in [6, 6.07) is 0. The average Bonchev–Trinajstić information content (AvgIpc) is 1.98. The van der Waals surface area contributed by atoms with Gasteiger partial charge < -0.3 is 5.11 Å². The fraction of sp³-hybridized carbons (Fsp3) is 0.909. The van der Waals surface area contributed by atoms with Crippen LogP contribution in [0.4, 0.5) is 0 Å². The number of carbonyl (C=O) groups is 1. The van der Waals surface area contributed by atoms with E-state index in [1.54, 1.807) is 6.92 Å². The van der Waals surface area contributed by atoms with Crippen molar-refractivity contribution in [2.75, 3.05) is 0 Å². The van der Waals surface area contributed by atoms with E-state index in [2.05, 4.69) is 27.7 Å². The number of carboxylic acid groups (broad SMARTS) is 1. The molecule has 0 aliphatic carbocycles. The molecule has 0 bridgehead atoms. The van der Waals surface area contributed by atoms with Gasteiger partial charge >= 0.3 is 5.97 Å². The van der Waals surface area contributed by atoms with Crippen molar-refractivity contribution in [3.63, 3.8) is 0 Å². The lowest BCUT2D eigenvalue weighted by Crippen LogP contribution is -2.31. The molecule has 0 rings (SSSR count). The topological polar surface area (TPSA) is 37.3 Å². The molecule has 0 aromatic heterocycles. The minimum absolute atomic E-state index is 0.184. The first-order valence-corrected chi connectivity index (χ1v) is 4.90. The Balaban J connectivity index is 4.42. The van der Waals surface area contributed by atoms with Gasteiger partial charge in [-0.05, 0) is 17.3 Å². The van der Waals surface area contributed by atoms with E-state index >= 15 is 0 Å². The fourth-order valence-corrected chi connectivity index (χ4v) is 1.45. The summed E-state index contributed by atoms with van der Waals surface area (Å²) in [4.78, 5) is 10.8. The lowest BCUT2D eigenvalue weighted by Gasteiger charge is -2.34. The Labute approximate surface area is 81.3 Å². The standard InChI is InChI=1S/C11H22O2/c1-7(8(2)10(12)13)9(3)11(4,5)6/h7-9H,1-6H3,(H,12,13). The van der Waals surface area contributed by atoms with Crippen LogP contribution in [0.1, 0.15) is 41.5 Å². The molecule has 0 aromatic rings. The van der Waals surface area contributed by atoms with Crippen LogP contribution in [0, 0.1) is 23.2 Å². The van der Waals surface area contributed by atoms with Crippen molar-refractivity contribution >= 4 is 5.97 Å². The molecule has 0 fully saturated rings. The van der Waals surface area contributed by atoms with Gasteiger partial charge in [-0.15, -0.1) is 0 Å². The van der Waals surface area contributed by atoms with Crippen molar-refractivity contribution in [1.29, 1.82) is 0 Å². The van der Waals surface area contributed by atoms with Crippen LogP contribution < -0.4 is 0 Å². The van der Waals surface area contributed by atoms with Crippen molar-refractivity contribution in [1.82, 2.24) is 0 Å². The Morgan fingerprint density at radius 2 is 1.54 bits per heavy atom. The quantitative estimate of drug-likeness (QED) is 0.735. The molecule has 0 heterocycles. The summed E-state index contributed by atoms with van der Waals surface area (Å²) in [7, 11) is 0.